The SMILES string of the molecule is COc1cc(NC(=O)c2cccs2)c(C(=O)OCC(=O)NC2CCCCCCC2)cc1OC. The fourth-order valence-electron chi connectivity index (χ4n) is 3.82. The summed E-state index contributed by atoms with van der Waals surface area (Å²) in [4.78, 5) is 38.3. The van der Waals surface area contributed by atoms with Gasteiger partial charge in [0.25, 0.3) is 11.8 Å². The lowest BCUT2D eigenvalue weighted by Crippen LogP contribution is -2.38. The Balaban J connectivity index is 1.69. The van der Waals surface area contributed by atoms with Crippen LogP contribution in [0.15, 0.2) is 29.6 Å². The molecule has 2 N–H and O–H groups in total. The number of thiophene rings is 1. The number of anilines is 1. The standard InChI is InChI=1S/C24H30N2O6S/c1-30-19-13-17(18(14-20(19)31-2)26-23(28)21-11-8-12-33-21)24(29)32-15-22(27)25-16-9-6-4-3-5-7-10-16/h8,11-14,16H,3-7,9-10,15H2,1-2H3,(H,25,27)(H,26,28). The van der Waals surface area contributed by atoms with Crippen molar-refractivity contribution in [2.24, 2.45) is 0 Å². The van der Waals surface area contributed by atoms with Gasteiger partial charge in [-0.25, -0.2) is 4.79 Å². The Bertz CT molecular complexity index is 952. The topological polar surface area (TPSA) is 103 Å². The van der Waals surface area contributed by atoms with Crippen molar-refractivity contribution >= 4 is 34.8 Å². The number of nitrogens with one attached hydrogen (secondary N) is 2. The van der Waals surface area contributed by atoms with Crippen LogP contribution < -0.4 is 20.1 Å². The van der Waals surface area contributed by atoms with Gasteiger partial charge < -0.3 is 24.8 Å². The molecule has 0 unspecified atom stereocenters. The summed E-state index contributed by atoms with van der Waals surface area (Å²) in [7, 11) is 2.90. The molecule has 0 atom stereocenters. The molecule has 1 fully saturated rings. The summed E-state index contributed by atoms with van der Waals surface area (Å²) in [5.41, 5.74) is 0.271. The Hall–Kier alpha value is -3.07. The van der Waals surface area contributed by atoms with Crippen molar-refractivity contribution < 1.29 is 28.6 Å². The number of benzene rings is 1. The third-order valence-electron chi connectivity index (χ3n) is 5.54. The number of ether oxygens (including phenoxy) is 3. The average Bonchev–Trinajstić information content (AvgIpc) is 3.34. The molecule has 0 saturated heterocycles. The first-order valence-electron chi connectivity index (χ1n) is 11.1. The Morgan fingerprint density at radius 2 is 1.67 bits per heavy atom. The summed E-state index contributed by atoms with van der Waals surface area (Å²) in [5, 5.41) is 7.48. The first-order chi connectivity index (χ1) is 16.0. The Labute approximate surface area is 197 Å². The minimum Gasteiger partial charge on any atom is -0.493 e. The molecule has 1 saturated carbocycles. The third kappa shape index (κ3) is 6.95. The summed E-state index contributed by atoms with van der Waals surface area (Å²) in [6.07, 6.45) is 7.66. The van der Waals surface area contributed by atoms with E-state index < -0.39 is 12.6 Å². The van der Waals surface area contributed by atoms with Crippen molar-refractivity contribution in [2.45, 2.75) is 51.0 Å². The zero-order valence-electron chi connectivity index (χ0n) is 19.0. The van der Waals surface area contributed by atoms with Crippen molar-refractivity contribution in [3.63, 3.8) is 0 Å². The van der Waals surface area contributed by atoms with E-state index in [0.29, 0.717) is 16.4 Å². The summed E-state index contributed by atoms with van der Waals surface area (Å²) in [6, 6.07) is 6.47. The van der Waals surface area contributed by atoms with Gasteiger partial charge in [-0.2, -0.15) is 0 Å². The summed E-state index contributed by atoms with van der Waals surface area (Å²) < 4.78 is 15.9. The maximum absolute atomic E-state index is 12.9. The van der Waals surface area contributed by atoms with Crippen LogP contribution in [0.3, 0.4) is 0 Å². The van der Waals surface area contributed by atoms with Crippen LogP contribution in [0.25, 0.3) is 0 Å². The second kappa shape index (κ2) is 12.2. The maximum Gasteiger partial charge on any atom is 0.340 e. The summed E-state index contributed by atoms with van der Waals surface area (Å²) in [6.45, 7) is -0.401. The van der Waals surface area contributed by atoms with Gasteiger partial charge in [0, 0.05) is 18.2 Å². The van der Waals surface area contributed by atoms with Crippen LogP contribution in [-0.4, -0.2) is 44.7 Å². The molecule has 0 aliphatic heterocycles. The third-order valence-corrected chi connectivity index (χ3v) is 6.41. The molecule has 2 amide bonds. The van der Waals surface area contributed by atoms with E-state index in [1.807, 2.05) is 0 Å². The lowest BCUT2D eigenvalue weighted by Gasteiger charge is -2.21. The smallest absolute Gasteiger partial charge is 0.340 e. The highest BCUT2D eigenvalue weighted by atomic mass is 32.1. The van der Waals surface area contributed by atoms with Crippen molar-refractivity contribution in [3.8, 4) is 11.5 Å². The molecule has 2 aromatic rings. The quantitative estimate of drug-likeness (QED) is 0.550. The van der Waals surface area contributed by atoms with Crippen molar-refractivity contribution in [3.05, 3.63) is 40.1 Å². The molecule has 3 rings (SSSR count). The maximum atomic E-state index is 12.9. The molecule has 1 aliphatic carbocycles. The van der Waals surface area contributed by atoms with E-state index in [2.05, 4.69) is 10.6 Å². The van der Waals surface area contributed by atoms with E-state index >= 15 is 0 Å². The Kier molecular flexibility index (Phi) is 9.12. The van der Waals surface area contributed by atoms with Crippen LogP contribution in [0.2, 0.25) is 0 Å². The number of amides is 2. The van der Waals surface area contributed by atoms with E-state index in [4.69, 9.17) is 14.2 Å². The minimum atomic E-state index is -0.745. The highest BCUT2D eigenvalue weighted by Gasteiger charge is 2.22. The number of hydrogen-bond donors (Lipinski definition) is 2. The second-order valence-electron chi connectivity index (χ2n) is 7.87. The van der Waals surface area contributed by atoms with Crippen molar-refractivity contribution in [2.75, 3.05) is 26.1 Å². The predicted octanol–water partition coefficient (Wildman–Crippen LogP) is 4.40. The number of carbonyl (C=O) groups is 3. The molecule has 1 heterocycles. The molecular formula is C24H30N2O6S. The van der Waals surface area contributed by atoms with Crippen LogP contribution in [0.5, 0.6) is 11.5 Å². The molecule has 1 aromatic carbocycles. The zero-order valence-corrected chi connectivity index (χ0v) is 19.8. The Morgan fingerprint density at radius 3 is 2.30 bits per heavy atom. The van der Waals surface area contributed by atoms with Crippen LogP contribution in [0, 0.1) is 0 Å². The summed E-state index contributed by atoms with van der Waals surface area (Å²) >= 11 is 1.28. The van der Waals surface area contributed by atoms with Crippen LogP contribution in [0.4, 0.5) is 5.69 Å². The number of carbonyl (C=O) groups excluding carboxylic acids is 3. The van der Waals surface area contributed by atoms with E-state index in [1.54, 1.807) is 17.5 Å². The Morgan fingerprint density at radius 1 is 1.00 bits per heavy atom. The first-order valence-corrected chi connectivity index (χ1v) is 12.0. The normalized spacial score (nSPS) is 14.5. The lowest BCUT2D eigenvalue weighted by molar-refractivity contribution is -0.125. The lowest BCUT2D eigenvalue weighted by atomic mass is 9.97. The predicted molar refractivity (Wildman–Crippen MR) is 126 cm³/mol. The number of esters is 1. The molecule has 1 aromatic heterocycles. The van der Waals surface area contributed by atoms with Gasteiger partial charge in [0.05, 0.1) is 30.3 Å². The van der Waals surface area contributed by atoms with Gasteiger partial charge in [-0.05, 0) is 24.3 Å². The average molecular weight is 475 g/mol. The molecule has 33 heavy (non-hydrogen) atoms. The molecule has 0 spiro atoms. The van der Waals surface area contributed by atoms with Crippen LogP contribution >= 0.6 is 11.3 Å². The molecule has 8 nitrogen and oxygen atoms in total. The van der Waals surface area contributed by atoms with Crippen LogP contribution in [0.1, 0.15) is 65.0 Å². The number of rotatable bonds is 8. The van der Waals surface area contributed by atoms with Crippen molar-refractivity contribution in [1.29, 1.82) is 0 Å². The van der Waals surface area contributed by atoms with E-state index in [-0.39, 0.29) is 29.1 Å². The molecule has 9 heteroatoms. The zero-order chi connectivity index (χ0) is 23.6. The highest BCUT2D eigenvalue weighted by molar-refractivity contribution is 7.12. The van der Waals surface area contributed by atoms with Gasteiger partial charge in [-0.1, -0.05) is 38.2 Å². The first kappa shape index (κ1) is 24.6. The van der Waals surface area contributed by atoms with Gasteiger partial charge in [-0.15, -0.1) is 11.3 Å². The van der Waals surface area contributed by atoms with Gasteiger partial charge in [0.15, 0.2) is 18.1 Å². The van der Waals surface area contributed by atoms with Gasteiger partial charge in [0.1, 0.15) is 0 Å². The molecule has 1 aliphatic rings. The molecular weight excluding hydrogens is 444 g/mol. The number of hydrogen-bond acceptors (Lipinski definition) is 7. The largest absolute Gasteiger partial charge is 0.493 e. The van der Waals surface area contributed by atoms with E-state index in [9.17, 15) is 14.4 Å². The second-order valence-corrected chi connectivity index (χ2v) is 8.82. The van der Waals surface area contributed by atoms with E-state index in [1.165, 1.54) is 57.0 Å². The van der Waals surface area contributed by atoms with Gasteiger partial charge >= 0.3 is 5.97 Å². The van der Waals surface area contributed by atoms with Gasteiger partial charge in [0.2, 0.25) is 0 Å². The van der Waals surface area contributed by atoms with E-state index in [0.717, 1.165) is 25.7 Å². The van der Waals surface area contributed by atoms with Crippen molar-refractivity contribution in [1.82, 2.24) is 5.32 Å². The monoisotopic (exact) mass is 474 g/mol. The summed E-state index contributed by atoms with van der Waals surface area (Å²) in [5.74, 6) is -0.799. The molecule has 178 valence electrons. The molecule has 0 bridgehead atoms. The fraction of sp³-hybridized carbons (Fsp3) is 0.458. The number of methoxy groups -OCH3 is 2. The van der Waals surface area contributed by atoms with Crippen LogP contribution in [-0.2, 0) is 9.53 Å². The van der Waals surface area contributed by atoms with Gasteiger partial charge in [-0.3, -0.25) is 9.59 Å². The highest BCUT2D eigenvalue weighted by Crippen LogP contribution is 2.34. The molecule has 0 radical (unpaired) electrons. The minimum absolute atomic E-state index is 0.0660. The fourth-order valence-corrected chi connectivity index (χ4v) is 4.44.